The summed E-state index contributed by atoms with van der Waals surface area (Å²) >= 11 is 3.56. The van der Waals surface area contributed by atoms with E-state index in [1.54, 1.807) is 0 Å². The Bertz CT molecular complexity index is 399. The smallest absolute Gasteiger partial charge is 0.140 e. The highest BCUT2D eigenvalue weighted by Crippen LogP contribution is 2.53. The van der Waals surface area contributed by atoms with Crippen LogP contribution >= 0.6 is 15.9 Å². The van der Waals surface area contributed by atoms with Crippen LogP contribution in [0.5, 0.6) is 0 Å². The number of halogens is 1. The molecule has 0 spiro atoms. The molecule has 0 radical (unpaired) electrons. The predicted octanol–water partition coefficient (Wildman–Crippen LogP) is 3.92. The molecule has 2 atom stereocenters. The first-order valence-corrected chi connectivity index (χ1v) is 6.16. The minimum atomic E-state index is -0.135. The Morgan fingerprint density at radius 2 is 2.13 bits per heavy atom. The molecule has 0 N–H and O–H groups in total. The summed E-state index contributed by atoms with van der Waals surface area (Å²) in [5.74, 6) is 0.802. The maximum absolute atomic E-state index is 11.7. The fraction of sp³-hybridized carbons (Fsp3) is 0.462. The Hall–Kier alpha value is -0.630. The molecule has 0 aromatic heterocycles. The standard InChI is InChI=1S/C13H15BrO/c1-3-13(2)10(8-12(13)15)9-6-4-5-7-11(9)14/h4-7,10H,3,8H2,1-2H3. The van der Waals surface area contributed by atoms with Crippen LogP contribution in [0.15, 0.2) is 28.7 Å². The summed E-state index contributed by atoms with van der Waals surface area (Å²) in [7, 11) is 0. The van der Waals surface area contributed by atoms with Gasteiger partial charge in [0.25, 0.3) is 0 Å². The molecule has 0 aliphatic heterocycles. The second-order valence-electron chi connectivity index (χ2n) is 4.47. The highest BCUT2D eigenvalue weighted by Gasteiger charge is 2.50. The first-order valence-electron chi connectivity index (χ1n) is 5.37. The van der Waals surface area contributed by atoms with Crippen LogP contribution in [0.25, 0.3) is 0 Å². The number of hydrogen-bond donors (Lipinski definition) is 0. The number of ketones is 1. The van der Waals surface area contributed by atoms with Crippen molar-refractivity contribution in [3.05, 3.63) is 34.3 Å². The molecule has 80 valence electrons. The Morgan fingerprint density at radius 3 is 2.67 bits per heavy atom. The molecule has 1 fully saturated rings. The minimum Gasteiger partial charge on any atom is -0.299 e. The molecule has 2 heteroatoms. The number of benzene rings is 1. The van der Waals surface area contributed by atoms with E-state index < -0.39 is 0 Å². The molecule has 0 amide bonds. The molecule has 1 aliphatic carbocycles. The maximum atomic E-state index is 11.7. The van der Waals surface area contributed by atoms with Crippen molar-refractivity contribution < 1.29 is 4.79 Å². The summed E-state index contributed by atoms with van der Waals surface area (Å²) in [6, 6.07) is 8.22. The summed E-state index contributed by atoms with van der Waals surface area (Å²) < 4.78 is 1.13. The third-order valence-electron chi connectivity index (χ3n) is 3.81. The van der Waals surface area contributed by atoms with Gasteiger partial charge in [-0.3, -0.25) is 4.79 Å². The molecular formula is C13H15BrO. The fourth-order valence-electron chi connectivity index (χ4n) is 2.36. The van der Waals surface area contributed by atoms with Crippen molar-refractivity contribution >= 4 is 21.7 Å². The number of rotatable bonds is 2. The zero-order valence-electron chi connectivity index (χ0n) is 9.09. The van der Waals surface area contributed by atoms with Crippen LogP contribution in [0.1, 0.15) is 38.2 Å². The average molecular weight is 267 g/mol. The zero-order chi connectivity index (χ0) is 11.1. The summed E-state index contributed by atoms with van der Waals surface area (Å²) in [4.78, 5) is 11.7. The molecule has 1 aromatic carbocycles. The van der Waals surface area contributed by atoms with Gasteiger partial charge in [0.2, 0.25) is 0 Å². The van der Waals surface area contributed by atoms with Crippen molar-refractivity contribution in [1.82, 2.24) is 0 Å². The summed E-state index contributed by atoms with van der Waals surface area (Å²) in [5, 5.41) is 0. The van der Waals surface area contributed by atoms with Gasteiger partial charge in [-0.15, -0.1) is 0 Å². The molecule has 1 saturated carbocycles. The molecule has 0 saturated heterocycles. The highest BCUT2D eigenvalue weighted by molar-refractivity contribution is 9.10. The first kappa shape index (κ1) is 10.9. The van der Waals surface area contributed by atoms with Gasteiger partial charge < -0.3 is 0 Å². The highest BCUT2D eigenvalue weighted by atomic mass is 79.9. The van der Waals surface area contributed by atoms with E-state index in [4.69, 9.17) is 0 Å². The molecule has 2 rings (SSSR count). The first-order chi connectivity index (χ1) is 7.09. The average Bonchev–Trinajstić information content (AvgIpc) is 2.26. The quantitative estimate of drug-likeness (QED) is 0.793. The molecule has 1 aliphatic rings. The molecule has 1 nitrogen and oxygen atoms in total. The summed E-state index contributed by atoms with van der Waals surface area (Å²) in [5.41, 5.74) is 1.14. The van der Waals surface area contributed by atoms with E-state index in [0.717, 1.165) is 10.9 Å². The van der Waals surface area contributed by atoms with Gasteiger partial charge in [0.1, 0.15) is 5.78 Å². The van der Waals surface area contributed by atoms with Crippen LogP contribution in [0.2, 0.25) is 0 Å². The van der Waals surface area contributed by atoms with Gasteiger partial charge in [-0.2, -0.15) is 0 Å². The zero-order valence-corrected chi connectivity index (χ0v) is 10.7. The number of hydrogen-bond acceptors (Lipinski definition) is 1. The predicted molar refractivity (Wildman–Crippen MR) is 64.9 cm³/mol. The van der Waals surface area contributed by atoms with E-state index in [2.05, 4.69) is 35.8 Å². The van der Waals surface area contributed by atoms with Gasteiger partial charge in [0.05, 0.1) is 0 Å². The normalized spacial score (nSPS) is 30.1. The molecule has 1 aromatic rings. The lowest BCUT2D eigenvalue weighted by atomic mass is 9.56. The fourth-order valence-corrected chi connectivity index (χ4v) is 2.92. The Labute approximate surface area is 99.0 Å². The molecule has 0 bridgehead atoms. The Morgan fingerprint density at radius 1 is 1.47 bits per heavy atom. The minimum absolute atomic E-state index is 0.135. The topological polar surface area (TPSA) is 17.1 Å². The largest absolute Gasteiger partial charge is 0.299 e. The second-order valence-corrected chi connectivity index (χ2v) is 5.33. The van der Waals surface area contributed by atoms with Gasteiger partial charge in [-0.25, -0.2) is 0 Å². The van der Waals surface area contributed by atoms with Crippen molar-refractivity contribution in [3.63, 3.8) is 0 Å². The lowest BCUT2D eigenvalue weighted by Gasteiger charge is -2.45. The number of Topliss-reactive ketones (excluding diaryl/α,β-unsaturated/α-hetero) is 1. The Kier molecular flexibility index (Phi) is 2.72. The van der Waals surface area contributed by atoms with Gasteiger partial charge in [-0.1, -0.05) is 48.0 Å². The number of carbonyl (C=O) groups is 1. The third kappa shape index (κ3) is 1.55. The van der Waals surface area contributed by atoms with Crippen LogP contribution in [0.4, 0.5) is 0 Å². The monoisotopic (exact) mass is 266 g/mol. The van der Waals surface area contributed by atoms with E-state index in [9.17, 15) is 4.79 Å². The molecular weight excluding hydrogens is 252 g/mol. The van der Waals surface area contributed by atoms with Crippen molar-refractivity contribution in [3.8, 4) is 0 Å². The van der Waals surface area contributed by atoms with Gasteiger partial charge in [0.15, 0.2) is 0 Å². The summed E-state index contributed by atoms with van der Waals surface area (Å²) in [6.07, 6.45) is 1.63. The molecule has 2 unspecified atom stereocenters. The van der Waals surface area contributed by atoms with Crippen molar-refractivity contribution in [2.45, 2.75) is 32.6 Å². The summed E-state index contributed by atoms with van der Waals surface area (Å²) in [6.45, 7) is 4.18. The van der Waals surface area contributed by atoms with Gasteiger partial charge in [0, 0.05) is 22.2 Å². The van der Waals surface area contributed by atoms with Crippen LogP contribution in [-0.4, -0.2) is 5.78 Å². The van der Waals surface area contributed by atoms with E-state index in [1.807, 2.05) is 18.2 Å². The van der Waals surface area contributed by atoms with E-state index >= 15 is 0 Å². The van der Waals surface area contributed by atoms with Crippen molar-refractivity contribution in [1.29, 1.82) is 0 Å². The van der Waals surface area contributed by atoms with Gasteiger partial charge in [-0.05, 0) is 18.1 Å². The molecule has 15 heavy (non-hydrogen) atoms. The van der Waals surface area contributed by atoms with Crippen LogP contribution in [0.3, 0.4) is 0 Å². The number of carbonyl (C=O) groups excluding carboxylic acids is 1. The van der Waals surface area contributed by atoms with E-state index in [0.29, 0.717) is 18.1 Å². The van der Waals surface area contributed by atoms with E-state index in [1.165, 1.54) is 5.56 Å². The lowest BCUT2D eigenvalue weighted by Crippen LogP contribution is -2.45. The van der Waals surface area contributed by atoms with Crippen molar-refractivity contribution in [2.75, 3.05) is 0 Å². The van der Waals surface area contributed by atoms with Crippen molar-refractivity contribution in [2.24, 2.45) is 5.41 Å². The molecule has 0 heterocycles. The SMILES string of the molecule is CCC1(C)C(=O)CC1c1ccccc1Br. The van der Waals surface area contributed by atoms with Gasteiger partial charge >= 0.3 is 0 Å². The maximum Gasteiger partial charge on any atom is 0.140 e. The Balaban J connectivity index is 2.35. The van der Waals surface area contributed by atoms with Crippen LogP contribution in [-0.2, 0) is 4.79 Å². The van der Waals surface area contributed by atoms with E-state index in [-0.39, 0.29) is 5.41 Å². The lowest BCUT2D eigenvalue weighted by molar-refractivity contribution is -0.139. The third-order valence-corrected chi connectivity index (χ3v) is 4.53. The second kappa shape index (κ2) is 3.75. The van der Waals surface area contributed by atoms with Crippen LogP contribution < -0.4 is 0 Å². The van der Waals surface area contributed by atoms with Crippen LogP contribution in [0, 0.1) is 5.41 Å².